The summed E-state index contributed by atoms with van der Waals surface area (Å²) in [6, 6.07) is 6.94. The average molecular weight is 326 g/mol. The van der Waals surface area contributed by atoms with Crippen LogP contribution in [-0.2, 0) is 10.0 Å². The molecule has 7 nitrogen and oxygen atoms in total. The third kappa shape index (κ3) is 2.76. The number of aromatic nitrogens is 2. The van der Waals surface area contributed by atoms with E-state index in [-0.39, 0.29) is 16.3 Å². The summed E-state index contributed by atoms with van der Waals surface area (Å²) in [5, 5.41) is 0.359. The summed E-state index contributed by atoms with van der Waals surface area (Å²) < 4.78 is 31.6. The van der Waals surface area contributed by atoms with E-state index in [4.69, 9.17) is 16.0 Å². The molecule has 0 aliphatic heterocycles. The largest absolute Gasteiger partial charge is 0.417 e. The van der Waals surface area contributed by atoms with Crippen LogP contribution in [0.25, 0.3) is 11.1 Å². The van der Waals surface area contributed by atoms with Gasteiger partial charge in [0.25, 0.3) is 10.0 Å². The molecule has 0 saturated heterocycles. The van der Waals surface area contributed by atoms with Crippen molar-refractivity contribution in [2.45, 2.75) is 4.90 Å². The Kier molecular flexibility index (Phi) is 3.19. The minimum atomic E-state index is -3.85. The Morgan fingerprint density at radius 1 is 1.24 bits per heavy atom. The average Bonchev–Trinajstić information content (AvgIpc) is 2.77. The number of anilines is 1. The van der Waals surface area contributed by atoms with Crippen molar-refractivity contribution in [3.63, 3.8) is 0 Å². The number of nitrogens with zero attached hydrogens (tertiary/aromatic N) is 1. The minimum Gasteiger partial charge on any atom is -0.408 e. The number of aromatic amines is 1. The van der Waals surface area contributed by atoms with Gasteiger partial charge < -0.3 is 4.42 Å². The van der Waals surface area contributed by atoms with E-state index in [0.717, 1.165) is 0 Å². The lowest BCUT2D eigenvalue weighted by molar-refractivity contribution is 0.555. The van der Waals surface area contributed by atoms with Crippen LogP contribution in [0.2, 0.25) is 5.02 Å². The SMILES string of the molecule is O=c1[nH]c2cc(S(=O)(=O)Nc3cc(Cl)ccn3)ccc2o1. The summed E-state index contributed by atoms with van der Waals surface area (Å²) in [7, 11) is -3.85. The fourth-order valence-electron chi connectivity index (χ4n) is 1.76. The molecule has 0 spiro atoms. The summed E-state index contributed by atoms with van der Waals surface area (Å²) >= 11 is 5.77. The number of H-pyrrole nitrogens is 1. The van der Waals surface area contributed by atoms with Crippen molar-refractivity contribution in [1.82, 2.24) is 9.97 Å². The molecule has 0 aliphatic carbocycles. The molecule has 2 N–H and O–H groups in total. The molecule has 0 bridgehead atoms. The molecule has 21 heavy (non-hydrogen) atoms. The second-order valence-corrected chi connectivity index (χ2v) is 6.26. The Hall–Kier alpha value is -2.32. The molecule has 3 rings (SSSR count). The normalized spacial score (nSPS) is 11.7. The Balaban J connectivity index is 2.01. The first-order valence-electron chi connectivity index (χ1n) is 5.71. The van der Waals surface area contributed by atoms with Gasteiger partial charge in [-0.3, -0.25) is 9.71 Å². The van der Waals surface area contributed by atoms with Gasteiger partial charge in [-0.15, -0.1) is 0 Å². The van der Waals surface area contributed by atoms with Gasteiger partial charge in [0.2, 0.25) is 0 Å². The first-order chi connectivity index (χ1) is 9.94. The second-order valence-electron chi connectivity index (χ2n) is 4.14. The maximum atomic E-state index is 12.2. The van der Waals surface area contributed by atoms with Gasteiger partial charge in [-0.2, -0.15) is 0 Å². The van der Waals surface area contributed by atoms with Gasteiger partial charge in [0.05, 0.1) is 10.4 Å². The standard InChI is InChI=1S/C12H8ClN3O4S/c13-7-3-4-14-11(5-7)16-21(18,19)8-1-2-10-9(6-8)15-12(17)20-10/h1-6H,(H,14,16)(H,15,17). The summed E-state index contributed by atoms with van der Waals surface area (Å²) in [6.07, 6.45) is 1.39. The van der Waals surface area contributed by atoms with Crippen LogP contribution in [0.15, 0.2) is 50.6 Å². The maximum Gasteiger partial charge on any atom is 0.417 e. The molecule has 2 aromatic heterocycles. The highest BCUT2D eigenvalue weighted by Crippen LogP contribution is 2.20. The van der Waals surface area contributed by atoms with E-state index in [2.05, 4.69) is 14.7 Å². The van der Waals surface area contributed by atoms with Gasteiger partial charge in [0, 0.05) is 17.3 Å². The van der Waals surface area contributed by atoms with Crippen molar-refractivity contribution >= 4 is 38.5 Å². The molecule has 9 heteroatoms. The van der Waals surface area contributed by atoms with Crippen LogP contribution in [0.1, 0.15) is 0 Å². The molecule has 3 aromatic rings. The van der Waals surface area contributed by atoms with E-state index >= 15 is 0 Å². The van der Waals surface area contributed by atoms with E-state index in [1.165, 1.54) is 36.5 Å². The third-order valence-corrected chi connectivity index (χ3v) is 4.25. The minimum absolute atomic E-state index is 0.0335. The summed E-state index contributed by atoms with van der Waals surface area (Å²) in [5.41, 5.74) is 0.571. The van der Waals surface area contributed by atoms with Crippen molar-refractivity contribution in [3.05, 3.63) is 52.1 Å². The zero-order valence-electron chi connectivity index (χ0n) is 10.3. The highest BCUT2D eigenvalue weighted by Gasteiger charge is 2.16. The van der Waals surface area contributed by atoms with Crippen LogP contribution in [0.5, 0.6) is 0 Å². The van der Waals surface area contributed by atoms with E-state index in [0.29, 0.717) is 10.5 Å². The molecule has 0 unspecified atom stereocenters. The molecule has 0 amide bonds. The first-order valence-corrected chi connectivity index (χ1v) is 7.57. The first kappa shape index (κ1) is 13.7. The molecule has 1 aromatic carbocycles. The quantitative estimate of drug-likeness (QED) is 0.766. The molecular weight excluding hydrogens is 318 g/mol. The smallest absolute Gasteiger partial charge is 0.408 e. The number of fused-ring (bicyclic) bond motifs is 1. The molecule has 0 aliphatic rings. The van der Waals surface area contributed by atoms with Crippen LogP contribution in [0, 0.1) is 0 Å². The van der Waals surface area contributed by atoms with Gasteiger partial charge in [0.1, 0.15) is 5.82 Å². The van der Waals surface area contributed by atoms with Crippen LogP contribution in [-0.4, -0.2) is 18.4 Å². The van der Waals surface area contributed by atoms with Crippen molar-refractivity contribution < 1.29 is 12.8 Å². The Morgan fingerprint density at radius 3 is 2.81 bits per heavy atom. The Bertz CT molecular complexity index is 977. The lowest BCUT2D eigenvalue weighted by atomic mass is 10.3. The van der Waals surface area contributed by atoms with Gasteiger partial charge in [-0.1, -0.05) is 11.6 Å². The van der Waals surface area contributed by atoms with E-state index in [9.17, 15) is 13.2 Å². The predicted molar refractivity (Wildman–Crippen MR) is 76.9 cm³/mol. The van der Waals surface area contributed by atoms with Crippen LogP contribution in [0.3, 0.4) is 0 Å². The summed E-state index contributed by atoms with van der Waals surface area (Å²) in [6.45, 7) is 0. The number of halogens is 1. The highest BCUT2D eigenvalue weighted by atomic mass is 35.5. The Labute approximate surface area is 123 Å². The predicted octanol–water partition coefficient (Wildman–Crippen LogP) is 1.97. The highest BCUT2D eigenvalue weighted by molar-refractivity contribution is 7.92. The summed E-state index contributed by atoms with van der Waals surface area (Å²) in [5.74, 6) is -0.549. The molecule has 108 valence electrons. The lowest BCUT2D eigenvalue weighted by Gasteiger charge is -2.07. The number of nitrogens with one attached hydrogen (secondary N) is 2. The van der Waals surface area contributed by atoms with Crippen LogP contribution >= 0.6 is 11.6 Å². The number of sulfonamides is 1. The molecule has 2 heterocycles. The topological polar surface area (TPSA) is 105 Å². The number of rotatable bonds is 3. The number of pyridine rings is 1. The fourth-order valence-corrected chi connectivity index (χ4v) is 2.94. The number of hydrogen-bond donors (Lipinski definition) is 2. The molecule has 0 radical (unpaired) electrons. The lowest BCUT2D eigenvalue weighted by Crippen LogP contribution is -2.13. The van der Waals surface area contributed by atoms with Crippen LogP contribution < -0.4 is 10.5 Å². The number of hydrogen-bond acceptors (Lipinski definition) is 5. The van der Waals surface area contributed by atoms with E-state index in [1.807, 2.05) is 0 Å². The van der Waals surface area contributed by atoms with E-state index < -0.39 is 15.8 Å². The molecule has 0 atom stereocenters. The second kappa shape index (κ2) is 4.90. The monoisotopic (exact) mass is 325 g/mol. The van der Waals surface area contributed by atoms with Gasteiger partial charge in [-0.25, -0.2) is 18.2 Å². The fraction of sp³-hybridized carbons (Fsp3) is 0. The van der Waals surface area contributed by atoms with Gasteiger partial charge in [-0.05, 0) is 24.3 Å². The van der Waals surface area contributed by atoms with Crippen molar-refractivity contribution in [3.8, 4) is 0 Å². The Morgan fingerprint density at radius 2 is 2.05 bits per heavy atom. The summed E-state index contributed by atoms with van der Waals surface area (Å²) in [4.78, 5) is 17.3. The molecule has 0 fully saturated rings. The van der Waals surface area contributed by atoms with E-state index in [1.54, 1.807) is 0 Å². The molecular formula is C12H8ClN3O4S. The van der Waals surface area contributed by atoms with Gasteiger partial charge >= 0.3 is 5.76 Å². The number of benzene rings is 1. The zero-order chi connectivity index (χ0) is 15.0. The molecule has 0 saturated carbocycles. The van der Waals surface area contributed by atoms with Crippen molar-refractivity contribution in [2.24, 2.45) is 0 Å². The van der Waals surface area contributed by atoms with Gasteiger partial charge in [0.15, 0.2) is 5.58 Å². The van der Waals surface area contributed by atoms with Crippen molar-refractivity contribution in [1.29, 1.82) is 0 Å². The zero-order valence-corrected chi connectivity index (χ0v) is 11.9. The van der Waals surface area contributed by atoms with Crippen molar-refractivity contribution in [2.75, 3.05) is 4.72 Å². The maximum absolute atomic E-state index is 12.2. The van der Waals surface area contributed by atoms with Crippen LogP contribution in [0.4, 0.5) is 5.82 Å². The number of oxazole rings is 1. The third-order valence-electron chi connectivity index (χ3n) is 2.66.